The molecule has 1 aromatic carbocycles. The molecule has 0 aliphatic heterocycles. The van der Waals surface area contributed by atoms with Gasteiger partial charge >= 0.3 is 0 Å². The summed E-state index contributed by atoms with van der Waals surface area (Å²) in [5.41, 5.74) is 1.48. The third kappa shape index (κ3) is 6.88. The van der Waals surface area contributed by atoms with Gasteiger partial charge in [-0.3, -0.25) is 0 Å². The molecular weight excluding hydrogens is 274 g/mol. The molecule has 0 bridgehead atoms. The van der Waals surface area contributed by atoms with Crippen LogP contribution >= 0.6 is 11.8 Å². The van der Waals surface area contributed by atoms with Crippen LogP contribution in [0.1, 0.15) is 57.4 Å². The van der Waals surface area contributed by atoms with Crippen LogP contribution in [0.3, 0.4) is 0 Å². The zero-order chi connectivity index (χ0) is 14.8. The quantitative estimate of drug-likeness (QED) is 0.685. The molecule has 1 N–H and O–H groups in total. The molecule has 1 nitrogen and oxygen atoms in total. The summed E-state index contributed by atoms with van der Waals surface area (Å²) in [6, 6.07) is 11.6. The number of benzene rings is 1. The summed E-state index contributed by atoms with van der Waals surface area (Å²) in [6.07, 6.45) is 11.1. The second-order valence-corrected chi connectivity index (χ2v) is 7.56. The van der Waals surface area contributed by atoms with E-state index in [1.54, 1.807) is 0 Å². The smallest absolute Gasteiger partial charge is 0.0158 e. The minimum Gasteiger partial charge on any atom is -0.313 e. The molecule has 1 fully saturated rings. The Morgan fingerprint density at radius 3 is 2.62 bits per heavy atom. The molecule has 0 heterocycles. The van der Waals surface area contributed by atoms with Crippen LogP contribution in [0.15, 0.2) is 30.3 Å². The fraction of sp³-hybridized carbons (Fsp3) is 0.684. The van der Waals surface area contributed by atoms with Crippen LogP contribution < -0.4 is 5.32 Å². The maximum Gasteiger partial charge on any atom is 0.0158 e. The van der Waals surface area contributed by atoms with Gasteiger partial charge in [0.2, 0.25) is 0 Å². The molecular formula is C19H31NS. The Kier molecular flexibility index (Phi) is 8.28. The molecule has 1 saturated carbocycles. The number of thioether (sulfide) groups is 1. The average Bonchev–Trinajstić information content (AvgIpc) is 2.54. The summed E-state index contributed by atoms with van der Waals surface area (Å²) >= 11 is 2.23. The van der Waals surface area contributed by atoms with E-state index >= 15 is 0 Å². The average molecular weight is 306 g/mol. The minimum atomic E-state index is 0.700. The van der Waals surface area contributed by atoms with E-state index in [1.165, 1.54) is 62.7 Å². The SMILES string of the molecule is CCNC(CCCc1ccccc1)CSC1CCCCC1. The molecule has 1 aliphatic rings. The van der Waals surface area contributed by atoms with Crippen LogP contribution in [-0.4, -0.2) is 23.6 Å². The number of nitrogens with one attached hydrogen (secondary N) is 1. The van der Waals surface area contributed by atoms with Crippen LogP contribution in [0.2, 0.25) is 0 Å². The molecule has 0 saturated heterocycles. The molecule has 0 aromatic heterocycles. The van der Waals surface area contributed by atoms with Gasteiger partial charge in [0.15, 0.2) is 0 Å². The molecule has 2 rings (SSSR count). The highest BCUT2D eigenvalue weighted by atomic mass is 32.2. The van der Waals surface area contributed by atoms with Crippen molar-refractivity contribution >= 4 is 11.8 Å². The Bertz CT molecular complexity index is 359. The van der Waals surface area contributed by atoms with Crippen molar-refractivity contribution in [2.75, 3.05) is 12.3 Å². The third-order valence-corrected chi connectivity index (χ3v) is 5.98. The monoisotopic (exact) mass is 305 g/mol. The van der Waals surface area contributed by atoms with E-state index in [0.29, 0.717) is 6.04 Å². The lowest BCUT2D eigenvalue weighted by atomic mass is 10.0. The molecule has 0 spiro atoms. The van der Waals surface area contributed by atoms with E-state index < -0.39 is 0 Å². The van der Waals surface area contributed by atoms with E-state index in [4.69, 9.17) is 0 Å². The van der Waals surface area contributed by atoms with Crippen molar-refractivity contribution in [1.29, 1.82) is 0 Å². The largest absolute Gasteiger partial charge is 0.313 e. The number of hydrogen-bond acceptors (Lipinski definition) is 2. The van der Waals surface area contributed by atoms with Crippen molar-refractivity contribution in [1.82, 2.24) is 5.32 Å². The van der Waals surface area contributed by atoms with Gasteiger partial charge in [-0.25, -0.2) is 0 Å². The predicted octanol–water partition coefficient (Wildman–Crippen LogP) is 5.05. The number of aryl methyl sites for hydroxylation is 1. The van der Waals surface area contributed by atoms with Crippen molar-refractivity contribution in [3.05, 3.63) is 35.9 Å². The molecule has 2 heteroatoms. The molecule has 1 aromatic rings. The van der Waals surface area contributed by atoms with E-state index in [2.05, 4.69) is 54.3 Å². The summed E-state index contributed by atoms with van der Waals surface area (Å²) in [6.45, 7) is 3.33. The van der Waals surface area contributed by atoms with Crippen LogP contribution in [0.4, 0.5) is 0 Å². The third-order valence-electron chi connectivity index (χ3n) is 4.44. The second kappa shape index (κ2) is 10.3. The Hall–Kier alpha value is -0.470. The van der Waals surface area contributed by atoms with E-state index in [-0.39, 0.29) is 0 Å². The maximum atomic E-state index is 3.69. The summed E-state index contributed by atoms with van der Waals surface area (Å²) in [4.78, 5) is 0. The Balaban J connectivity index is 1.65. The summed E-state index contributed by atoms with van der Waals surface area (Å²) in [7, 11) is 0. The lowest BCUT2D eigenvalue weighted by molar-refractivity contribution is 0.504. The van der Waals surface area contributed by atoms with E-state index in [9.17, 15) is 0 Å². The minimum absolute atomic E-state index is 0.700. The van der Waals surface area contributed by atoms with Crippen molar-refractivity contribution < 1.29 is 0 Å². The zero-order valence-electron chi connectivity index (χ0n) is 13.5. The van der Waals surface area contributed by atoms with Crippen LogP contribution in [0.25, 0.3) is 0 Å². The van der Waals surface area contributed by atoms with Crippen LogP contribution in [0.5, 0.6) is 0 Å². The Morgan fingerprint density at radius 1 is 1.14 bits per heavy atom. The van der Waals surface area contributed by atoms with Crippen molar-refractivity contribution in [3.63, 3.8) is 0 Å². The van der Waals surface area contributed by atoms with E-state index in [0.717, 1.165) is 11.8 Å². The Labute approximate surface area is 135 Å². The fourth-order valence-electron chi connectivity index (χ4n) is 3.21. The van der Waals surface area contributed by atoms with Gasteiger partial charge in [0.25, 0.3) is 0 Å². The van der Waals surface area contributed by atoms with Gasteiger partial charge in [0.1, 0.15) is 0 Å². The summed E-state index contributed by atoms with van der Waals surface area (Å²) < 4.78 is 0. The molecule has 118 valence electrons. The normalized spacial score (nSPS) is 17.8. The molecule has 1 atom stereocenters. The van der Waals surface area contributed by atoms with Gasteiger partial charge in [-0.05, 0) is 44.2 Å². The topological polar surface area (TPSA) is 12.0 Å². The van der Waals surface area contributed by atoms with Crippen LogP contribution in [0, 0.1) is 0 Å². The first-order valence-corrected chi connectivity index (χ1v) is 9.82. The van der Waals surface area contributed by atoms with Gasteiger partial charge < -0.3 is 5.32 Å². The number of rotatable bonds is 9. The van der Waals surface area contributed by atoms with E-state index in [1.807, 2.05) is 0 Å². The lowest BCUT2D eigenvalue weighted by Crippen LogP contribution is -2.32. The molecule has 21 heavy (non-hydrogen) atoms. The van der Waals surface area contributed by atoms with Gasteiger partial charge in [-0.1, -0.05) is 56.5 Å². The summed E-state index contributed by atoms with van der Waals surface area (Å²) in [5, 5.41) is 4.63. The first kappa shape index (κ1) is 16.9. The lowest BCUT2D eigenvalue weighted by Gasteiger charge is -2.24. The van der Waals surface area contributed by atoms with Gasteiger partial charge in [0.05, 0.1) is 0 Å². The highest BCUT2D eigenvalue weighted by Gasteiger charge is 2.16. The van der Waals surface area contributed by atoms with Crippen molar-refractivity contribution in [2.24, 2.45) is 0 Å². The predicted molar refractivity (Wildman–Crippen MR) is 96.2 cm³/mol. The Morgan fingerprint density at radius 2 is 1.90 bits per heavy atom. The molecule has 1 aliphatic carbocycles. The zero-order valence-corrected chi connectivity index (χ0v) is 14.3. The first-order valence-electron chi connectivity index (χ1n) is 8.77. The second-order valence-electron chi connectivity index (χ2n) is 6.23. The van der Waals surface area contributed by atoms with Gasteiger partial charge in [0, 0.05) is 17.0 Å². The maximum absolute atomic E-state index is 3.69. The van der Waals surface area contributed by atoms with Gasteiger partial charge in [-0.15, -0.1) is 0 Å². The van der Waals surface area contributed by atoms with Crippen molar-refractivity contribution in [2.45, 2.75) is 69.6 Å². The van der Waals surface area contributed by atoms with Crippen LogP contribution in [-0.2, 0) is 6.42 Å². The summed E-state index contributed by atoms with van der Waals surface area (Å²) in [5.74, 6) is 1.30. The van der Waals surface area contributed by atoms with Gasteiger partial charge in [-0.2, -0.15) is 11.8 Å². The molecule has 1 unspecified atom stereocenters. The number of hydrogen-bond donors (Lipinski definition) is 1. The standard InChI is InChI=1S/C19H31NS/c1-2-20-18(16-21-19-14-7-4-8-15-19)13-9-12-17-10-5-3-6-11-17/h3,5-6,10-11,18-20H,2,4,7-9,12-16H2,1H3. The highest BCUT2D eigenvalue weighted by molar-refractivity contribution is 7.99. The fourth-order valence-corrected chi connectivity index (χ4v) is 4.67. The highest BCUT2D eigenvalue weighted by Crippen LogP contribution is 2.29. The molecule has 0 radical (unpaired) electrons. The van der Waals surface area contributed by atoms with Crippen molar-refractivity contribution in [3.8, 4) is 0 Å². The first-order chi connectivity index (χ1) is 10.4. The molecule has 0 amide bonds.